The van der Waals surface area contributed by atoms with Crippen LogP contribution in [0.3, 0.4) is 0 Å². The third kappa shape index (κ3) is 11.0. The number of piperazine rings is 1. The van der Waals surface area contributed by atoms with E-state index in [2.05, 4.69) is 30.7 Å². The fourth-order valence-electron chi connectivity index (χ4n) is 6.22. The number of carbonyl (C=O) groups excluding carboxylic acids is 4. The van der Waals surface area contributed by atoms with Gasteiger partial charge in [-0.25, -0.2) is 9.78 Å². The van der Waals surface area contributed by atoms with Crippen LogP contribution in [0.25, 0.3) is 10.4 Å². The van der Waals surface area contributed by atoms with E-state index in [1.807, 2.05) is 85.2 Å². The lowest BCUT2D eigenvalue weighted by Gasteiger charge is -2.37. The average Bonchev–Trinajstić information content (AvgIpc) is 3.68. The molecular formula is C36H55N7O5S. The predicted octanol–water partition coefficient (Wildman–Crippen LogP) is 3.96. The van der Waals surface area contributed by atoms with E-state index in [9.17, 15) is 19.2 Å². The topological polar surface area (TPSA) is 136 Å². The SMILES string of the molecule is Cc1ncsc1-c1ccc([C@H](C)NC(=O)[C@@H]2CCCN2C(=O)[C@@H](NC(=O)CN2CCN(CCNC(=O)OC(C)(C)C)CC2)C(C)(C)C)cc1. The molecule has 3 heterocycles. The number of benzene rings is 1. The average molecular weight is 698 g/mol. The minimum atomic E-state index is -0.770. The summed E-state index contributed by atoms with van der Waals surface area (Å²) in [4.78, 5) is 64.2. The molecule has 12 nitrogen and oxygen atoms in total. The van der Waals surface area contributed by atoms with Gasteiger partial charge >= 0.3 is 6.09 Å². The highest BCUT2D eigenvalue weighted by molar-refractivity contribution is 7.13. The molecule has 270 valence electrons. The number of likely N-dealkylation sites (tertiary alicyclic amines) is 1. The summed E-state index contributed by atoms with van der Waals surface area (Å²) in [5, 5.41) is 8.94. The van der Waals surface area contributed by atoms with Gasteiger partial charge in [-0.3, -0.25) is 24.2 Å². The molecule has 3 N–H and O–H groups in total. The van der Waals surface area contributed by atoms with Gasteiger partial charge in [-0.2, -0.15) is 0 Å². The van der Waals surface area contributed by atoms with Gasteiger partial charge in [-0.05, 0) is 64.0 Å². The van der Waals surface area contributed by atoms with E-state index >= 15 is 0 Å². The summed E-state index contributed by atoms with van der Waals surface area (Å²) < 4.78 is 5.29. The molecule has 1 aromatic carbocycles. The van der Waals surface area contributed by atoms with Crippen LogP contribution in [0.15, 0.2) is 29.8 Å². The Balaban J connectivity index is 1.27. The number of thiazole rings is 1. The van der Waals surface area contributed by atoms with Gasteiger partial charge in [0.05, 0.1) is 28.7 Å². The van der Waals surface area contributed by atoms with E-state index in [-0.39, 0.29) is 30.3 Å². The summed E-state index contributed by atoms with van der Waals surface area (Å²) in [5.74, 6) is -0.615. The Kier molecular flexibility index (Phi) is 12.8. The molecule has 2 saturated heterocycles. The predicted molar refractivity (Wildman–Crippen MR) is 192 cm³/mol. The molecule has 3 atom stereocenters. The quantitative estimate of drug-likeness (QED) is 0.321. The first kappa shape index (κ1) is 38.3. The van der Waals surface area contributed by atoms with Crippen molar-refractivity contribution in [2.45, 2.75) is 92.0 Å². The molecule has 49 heavy (non-hydrogen) atoms. The third-order valence-corrected chi connectivity index (χ3v) is 9.94. The number of amides is 4. The van der Waals surface area contributed by atoms with Crippen molar-refractivity contribution < 1.29 is 23.9 Å². The van der Waals surface area contributed by atoms with Crippen molar-refractivity contribution in [3.63, 3.8) is 0 Å². The molecule has 0 saturated carbocycles. The molecule has 4 amide bonds. The van der Waals surface area contributed by atoms with Crippen molar-refractivity contribution in [3.05, 3.63) is 41.0 Å². The molecule has 0 spiro atoms. The summed E-state index contributed by atoms with van der Waals surface area (Å²) in [7, 11) is 0. The summed E-state index contributed by atoms with van der Waals surface area (Å²) in [6.07, 6.45) is 0.880. The fraction of sp³-hybridized carbons (Fsp3) is 0.639. The van der Waals surface area contributed by atoms with E-state index in [4.69, 9.17) is 4.74 Å². The van der Waals surface area contributed by atoms with Gasteiger partial charge < -0.3 is 25.6 Å². The van der Waals surface area contributed by atoms with E-state index in [1.165, 1.54) is 0 Å². The van der Waals surface area contributed by atoms with E-state index < -0.39 is 29.2 Å². The number of hydrogen-bond donors (Lipinski definition) is 3. The number of alkyl carbamates (subject to hydrolysis) is 1. The van der Waals surface area contributed by atoms with Crippen LogP contribution in [0.2, 0.25) is 0 Å². The largest absolute Gasteiger partial charge is 0.444 e. The first-order valence-electron chi connectivity index (χ1n) is 17.3. The molecule has 4 rings (SSSR count). The molecule has 0 aliphatic carbocycles. The minimum Gasteiger partial charge on any atom is -0.444 e. The Labute approximate surface area is 295 Å². The second-order valence-corrected chi connectivity index (χ2v) is 16.1. The van der Waals surface area contributed by atoms with Gasteiger partial charge in [0.2, 0.25) is 17.7 Å². The smallest absolute Gasteiger partial charge is 0.407 e. The molecule has 2 aromatic rings. The van der Waals surface area contributed by atoms with Crippen LogP contribution in [0, 0.1) is 12.3 Å². The van der Waals surface area contributed by atoms with Gasteiger partial charge in [-0.15, -0.1) is 11.3 Å². The van der Waals surface area contributed by atoms with Crippen molar-refractivity contribution in [1.82, 2.24) is 35.6 Å². The Morgan fingerprint density at radius 1 is 0.959 bits per heavy atom. The van der Waals surface area contributed by atoms with Crippen LogP contribution >= 0.6 is 11.3 Å². The van der Waals surface area contributed by atoms with Crippen molar-refractivity contribution in [2.75, 3.05) is 52.4 Å². The number of carbonyl (C=O) groups is 4. The molecular weight excluding hydrogens is 643 g/mol. The highest BCUT2D eigenvalue weighted by atomic mass is 32.1. The van der Waals surface area contributed by atoms with Crippen LogP contribution in [-0.4, -0.2) is 114 Å². The number of aromatic nitrogens is 1. The first-order valence-corrected chi connectivity index (χ1v) is 18.2. The Hall–Kier alpha value is -3.55. The highest BCUT2D eigenvalue weighted by Crippen LogP contribution is 2.29. The van der Waals surface area contributed by atoms with Crippen molar-refractivity contribution in [1.29, 1.82) is 0 Å². The molecule has 0 unspecified atom stereocenters. The Morgan fingerprint density at radius 2 is 1.61 bits per heavy atom. The van der Waals surface area contributed by atoms with Crippen molar-refractivity contribution >= 4 is 35.2 Å². The lowest BCUT2D eigenvalue weighted by Crippen LogP contribution is -2.59. The number of aryl methyl sites for hydroxylation is 1. The third-order valence-electron chi connectivity index (χ3n) is 8.96. The van der Waals surface area contributed by atoms with Crippen LogP contribution in [-0.2, 0) is 19.1 Å². The molecule has 2 fully saturated rings. The van der Waals surface area contributed by atoms with Gasteiger partial charge in [0, 0.05) is 45.8 Å². The summed E-state index contributed by atoms with van der Waals surface area (Å²) in [6, 6.07) is 6.54. The fourth-order valence-corrected chi connectivity index (χ4v) is 7.04. The van der Waals surface area contributed by atoms with E-state index in [0.29, 0.717) is 39.1 Å². The second-order valence-electron chi connectivity index (χ2n) is 15.2. The van der Waals surface area contributed by atoms with Crippen LogP contribution in [0.5, 0.6) is 0 Å². The van der Waals surface area contributed by atoms with Crippen LogP contribution < -0.4 is 16.0 Å². The standard InChI is InChI=1S/C36H55N7O5S/c1-24(26-11-13-27(14-12-26)30-25(2)38-23-49-30)39-32(45)28-10-9-16-43(28)33(46)31(35(3,4)5)40-29(44)22-42-20-18-41(19-21-42)17-15-37-34(47)48-36(6,7)8/h11-14,23-24,28,31H,9-10,15-22H2,1-8H3,(H,37,47)(H,39,45)(H,40,44)/t24-,28-,31+/m0/s1. The molecule has 1 aromatic heterocycles. The highest BCUT2D eigenvalue weighted by Gasteiger charge is 2.42. The summed E-state index contributed by atoms with van der Waals surface area (Å²) in [5.41, 5.74) is 3.82. The van der Waals surface area contributed by atoms with E-state index in [0.717, 1.165) is 41.2 Å². The number of ether oxygens (including phenoxy) is 1. The zero-order valence-electron chi connectivity index (χ0n) is 30.4. The first-order chi connectivity index (χ1) is 23.0. The molecule has 13 heteroatoms. The maximum absolute atomic E-state index is 14.0. The van der Waals surface area contributed by atoms with Gasteiger partial charge in [0.25, 0.3) is 0 Å². The summed E-state index contributed by atoms with van der Waals surface area (Å²) >= 11 is 1.60. The molecule has 2 aliphatic rings. The Bertz CT molecular complexity index is 1440. The van der Waals surface area contributed by atoms with Crippen molar-refractivity contribution in [2.24, 2.45) is 5.41 Å². The van der Waals surface area contributed by atoms with Crippen LogP contribution in [0.4, 0.5) is 4.79 Å². The Morgan fingerprint density at radius 3 is 2.20 bits per heavy atom. The maximum Gasteiger partial charge on any atom is 0.407 e. The summed E-state index contributed by atoms with van der Waals surface area (Å²) in [6.45, 7) is 20.0. The van der Waals surface area contributed by atoms with Crippen LogP contribution in [0.1, 0.15) is 78.6 Å². The number of nitrogens with one attached hydrogen (secondary N) is 3. The molecule has 0 radical (unpaired) electrons. The van der Waals surface area contributed by atoms with Gasteiger partial charge in [-0.1, -0.05) is 45.0 Å². The van der Waals surface area contributed by atoms with Gasteiger partial charge in [0.1, 0.15) is 17.7 Å². The number of rotatable bonds is 11. The number of hydrogen-bond acceptors (Lipinski definition) is 9. The van der Waals surface area contributed by atoms with E-state index in [1.54, 1.807) is 16.2 Å². The maximum atomic E-state index is 14.0. The molecule has 2 aliphatic heterocycles. The normalized spacial score (nSPS) is 18.9. The minimum absolute atomic E-state index is 0.182. The van der Waals surface area contributed by atoms with Crippen molar-refractivity contribution in [3.8, 4) is 10.4 Å². The molecule has 0 bridgehead atoms. The lowest BCUT2D eigenvalue weighted by atomic mass is 9.85. The zero-order valence-corrected chi connectivity index (χ0v) is 31.2. The second kappa shape index (κ2) is 16.4. The zero-order chi connectivity index (χ0) is 35.9. The van der Waals surface area contributed by atoms with Gasteiger partial charge in [0.15, 0.2) is 0 Å². The number of nitrogens with zero attached hydrogens (tertiary/aromatic N) is 4. The lowest BCUT2D eigenvalue weighted by molar-refractivity contribution is -0.144. The monoisotopic (exact) mass is 697 g/mol.